The van der Waals surface area contributed by atoms with Crippen molar-refractivity contribution in [1.82, 2.24) is 10.2 Å². The van der Waals surface area contributed by atoms with Crippen LogP contribution in [0.3, 0.4) is 0 Å². The maximum absolute atomic E-state index is 3.44. The number of piperidine rings is 1. The second-order valence-corrected chi connectivity index (χ2v) is 5.54. The average Bonchev–Trinajstić information content (AvgIpc) is 2.22. The highest BCUT2D eigenvalue weighted by Crippen LogP contribution is 2.27. The topological polar surface area (TPSA) is 15.3 Å². The lowest BCUT2D eigenvalue weighted by Gasteiger charge is -2.31. The minimum absolute atomic E-state index is 0. The average molecular weight is 247 g/mol. The first-order valence-electron chi connectivity index (χ1n) is 6.74. The van der Waals surface area contributed by atoms with Gasteiger partial charge in [-0.25, -0.2) is 0 Å². The van der Waals surface area contributed by atoms with Crippen molar-refractivity contribution < 1.29 is 0 Å². The fourth-order valence-corrected chi connectivity index (χ4v) is 2.78. The van der Waals surface area contributed by atoms with Gasteiger partial charge in [0.1, 0.15) is 0 Å². The fourth-order valence-electron chi connectivity index (χ4n) is 2.78. The molecule has 2 rings (SSSR count). The number of nitrogens with one attached hydrogen (secondary N) is 1. The predicted octanol–water partition coefficient (Wildman–Crippen LogP) is 2.53. The van der Waals surface area contributed by atoms with Gasteiger partial charge in [0.25, 0.3) is 0 Å². The van der Waals surface area contributed by atoms with E-state index in [1.54, 1.807) is 0 Å². The Hall–Kier alpha value is 0.210. The first-order valence-corrected chi connectivity index (χ1v) is 6.74. The zero-order valence-electron chi connectivity index (χ0n) is 10.6. The van der Waals surface area contributed by atoms with Crippen LogP contribution in [0, 0.1) is 11.8 Å². The highest BCUT2D eigenvalue weighted by molar-refractivity contribution is 5.85. The molecule has 0 aromatic carbocycles. The minimum Gasteiger partial charge on any atom is -0.317 e. The Morgan fingerprint density at radius 3 is 2.31 bits per heavy atom. The zero-order valence-corrected chi connectivity index (χ0v) is 11.4. The van der Waals surface area contributed by atoms with Gasteiger partial charge in [0.05, 0.1) is 0 Å². The van der Waals surface area contributed by atoms with Gasteiger partial charge in [0, 0.05) is 6.54 Å². The van der Waals surface area contributed by atoms with Gasteiger partial charge >= 0.3 is 0 Å². The number of halogens is 1. The molecule has 3 heteroatoms. The molecule has 1 saturated carbocycles. The van der Waals surface area contributed by atoms with E-state index in [-0.39, 0.29) is 12.4 Å². The van der Waals surface area contributed by atoms with Crippen molar-refractivity contribution in [3.8, 4) is 0 Å². The molecule has 2 aliphatic rings. The van der Waals surface area contributed by atoms with Gasteiger partial charge in [-0.2, -0.15) is 0 Å². The molecule has 1 saturated heterocycles. The van der Waals surface area contributed by atoms with E-state index in [2.05, 4.69) is 17.3 Å². The largest absolute Gasteiger partial charge is 0.317 e. The normalized spacial score (nSPS) is 22.9. The third kappa shape index (κ3) is 4.60. The van der Waals surface area contributed by atoms with Crippen LogP contribution >= 0.6 is 12.4 Å². The molecule has 0 spiro atoms. The van der Waals surface area contributed by atoms with Crippen LogP contribution < -0.4 is 5.32 Å². The molecule has 0 atom stereocenters. The van der Waals surface area contributed by atoms with Crippen LogP contribution in [0.15, 0.2) is 0 Å². The van der Waals surface area contributed by atoms with Gasteiger partial charge < -0.3 is 10.2 Å². The lowest BCUT2D eigenvalue weighted by molar-refractivity contribution is 0.191. The van der Waals surface area contributed by atoms with Gasteiger partial charge in [-0.05, 0) is 70.6 Å². The third-order valence-corrected chi connectivity index (χ3v) is 4.17. The smallest absolute Gasteiger partial charge is 0.000661 e. The van der Waals surface area contributed by atoms with Crippen LogP contribution in [0.2, 0.25) is 0 Å². The number of hydrogen-bond donors (Lipinski definition) is 1. The molecule has 1 aliphatic heterocycles. The molecule has 1 aliphatic carbocycles. The van der Waals surface area contributed by atoms with Crippen molar-refractivity contribution in [3.63, 3.8) is 0 Å². The first-order chi connectivity index (χ1) is 7.34. The van der Waals surface area contributed by atoms with Crippen LogP contribution in [-0.4, -0.2) is 38.1 Å². The number of hydrogen-bond acceptors (Lipinski definition) is 2. The second-order valence-electron chi connectivity index (χ2n) is 5.54. The van der Waals surface area contributed by atoms with E-state index in [9.17, 15) is 0 Å². The summed E-state index contributed by atoms with van der Waals surface area (Å²) in [7, 11) is 2.30. The van der Waals surface area contributed by atoms with Gasteiger partial charge in [0.2, 0.25) is 0 Å². The molecule has 2 nitrogen and oxygen atoms in total. The fraction of sp³-hybridized carbons (Fsp3) is 1.00. The number of rotatable bonds is 5. The summed E-state index contributed by atoms with van der Waals surface area (Å²) in [4.78, 5) is 2.56. The molecular weight excluding hydrogens is 220 g/mol. The minimum atomic E-state index is 0. The summed E-state index contributed by atoms with van der Waals surface area (Å²) in [5, 5.41) is 3.44. The molecule has 0 aromatic rings. The monoisotopic (exact) mass is 246 g/mol. The van der Waals surface area contributed by atoms with Gasteiger partial charge in [-0.15, -0.1) is 12.4 Å². The molecule has 0 bridgehead atoms. The van der Waals surface area contributed by atoms with Gasteiger partial charge in [-0.3, -0.25) is 0 Å². The molecule has 0 aromatic heterocycles. The molecular formula is C13H27ClN2. The third-order valence-electron chi connectivity index (χ3n) is 4.17. The zero-order chi connectivity index (χ0) is 10.5. The van der Waals surface area contributed by atoms with Crippen molar-refractivity contribution in [1.29, 1.82) is 0 Å². The lowest BCUT2D eigenvalue weighted by Crippen LogP contribution is -2.33. The van der Waals surface area contributed by atoms with E-state index >= 15 is 0 Å². The summed E-state index contributed by atoms with van der Waals surface area (Å²) >= 11 is 0. The Labute approximate surface area is 107 Å². The summed E-state index contributed by atoms with van der Waals surface area (Å²) in [6.07, 6.45) is 8.67. The van der Waals surface area contributed by atoms with E-state index < -0.39 is 0 Å². The second kappa shape index (κ2) is 7.52. The molecule has 1 N–H and O–H groups in total. The standard InChI is InChI=1S/C13H26N2.ClH/c1-15(11-13-3-2-4-13)10-7-12-5-8-14-9-6-12;/h12-14H,2-11H2,1H3;1H. The van der Waals surface area contributed by atoms with Crippen molar-refractivity contribution in [2.75, 3.05) is 33.2 Å². The summed E-state index contributed by atoms with van der Waals surface area (Å²) in [5.74, 6) is 2.03. The van der Waals surface area contributed by atoms with Crippen LogP contribution in [0.25, 0.3) is 0 Å². The predicted molar refractivity (Wildman–Crippen MR) is 72.3 cm³/mol. The number of nitrogens with zero attached hydrogens (tertiary/aromatic N) is 1. The van der Waals surface area contributed by atoms with Crippen molar-refractivity contribution in [2.24, 2.45) is 11.8 Å². The van der Waals surface area contributed by atoms with Crippen molar-refractivity contribution in [3.05, 3.63) is 0 Å². The molecule has 16 heavy (non-hydrogen) atoms. The van der Waals surface area contributed by atoms with E-state index in [1.807, 2.05) is 0 Å². The van der Waals surface area contributed by atoms with E-state index in [0.29, 0.717) is 0 Å². The quantitative estimate of drug-likeness (QED) is 0.802. The van der Waals surface area contributed by atoms with E-state index in [1.165, 1.54) is 64.7 Å². The van der Waals surface area contributed by atoms with Crippen LogP contribution in [0.4, 0.5) is 0 Å². The van der Waals surface area contributed by atoms with Crippen LogP contribution in [-0.2, 0) is 0 Å². The first kappa shape index (κ1) is 14.3. The van der Waals surface area contributed by atoms with Gasteiger partial charge in [-0.1, -0.05) is 6.42 Å². The maximum Gasteiger partial charge on any atom is 0.000661 e. The van der Waals surface area contributed by atoms with Crippen LogP contribution in [0.5, 0.6) is 0 Å². The Morgan fingerprint density at radius 1 is 1.06 bits per heavy atom. The molecule has 0 unspecified atom stereocenters. The van der Waals surface area contributed by atoms with Crippen molar-refractivity contribution in [2.45, 2.75) is 38.5 Å². The highest BCUT2D eigenvalue weighted by Gasteiger charge is 2.19. The molecule has 2 fully saturated rings. The summed E-state index contributed by atoms with van der Waals surface area (Å²) in [6, 6.07) is 0. The van der Waals surface area contributed by atoms with Gasteiger partial charge in [0.15, 0.2) is 0 Å². The summed E-state index contributed by atoms with van der Waals surface area (Å²) in [6.45, 7) is 5.17. The Balaban J connectivity index is 0.00000128. The molecule has 96 valence electrons. The summed E-state index contributed by atoms with van der Waals surface area (Å²) in [5.41, 5.74) is 0. The SMILES string of the molecule is CN(CCC1CCNCC1)CC1CCC1.Cl. The molecule has 1 heterocycles. The van der Waals surface area contributed by atoms with Crippen LogP contribution in [0.1, 0.15) is 38.5 Å². The lowest BCUT2D eigenvalue weighted by atomic mass is 9.85. The Kier molecular flexibility index (Phi) is 6.71. The van der Waals surface area contributed by atoms with E-state index in [0.717, 1.165) is 11.8 Å². The molecule has 0 amide bonds. The maximum atomic E-state index is 3.44. The Morgan fingerprint density at radius 2 is 1.75 bits per heavy atom. The van der Waals surface area contributed by atoms with Crippen molar-refractivity contribution >= 4 is 12.4 Å². The molecule has 0 radical (unpaired) electrons. The summed E-state index contributed by atoms with van der Waals surface area (Å²) < 4.78 is 0. The Bertz CT molecular complexity index is 177. The van der Waals surface area contributed by atoms with E-state index in [4.69, 9.17) is 0 Å². The highest BCUT2D eigenvalue weighted by atomic mass is 35.5.